The second-order valence-electron chi connectivity index (χ2n) is 5.59. The Labute approximate surface area is 153 Å². The summed E-state index contributed by atoms with van der Waals surface area (Å²) in [7, 11) is -2.01. The molecule has 0 saturated carbocycles. The van der Waals surface area contributed by atoms with Gasteiger partial charge in [0.1, 0.15) is 5.84 Å². The molecule has 0 bridgehead atoms. The number of amides is 1. The number of likely N-dealkylation sites (tertiary alicyclic amines) is 1. The summed E-state index contributed by atoms with van der Waals surface area (Å²) in [5, 5.41) is 2.61. The lowest BCUT2D eigenvalue weighted by Gasteiger charge is -2.11. The molecule has 3 rings (SSSR count). The number of amidine groups is 1. The molecule has 0 aliphatic carbocycles. The lowest BCUT2D eigenvalue weighted by Crippen LogP contribution is -2.20. The van der Waals surface area contributed by atoms with Crippen molar-refractivity contribution in [3.05, 3.63) is 46.8 Å². The van der Waals surface area contributed by atoms with E-state index in [4.69, 9.17) is 4.42 Å². The molecule has 0 spiro atoms. The van der Waals surface area contributed by atoms with Crippen LogP contribution in [0.3, 0.4) is 0 Å². The number of hydrogen-bond donors (Lipinski definition) is 1. The monoisotopic (exact) mass is 425 g/mol. The maximum atomic E-state index is 12.5. The number of sulfonamides is 1. The summed E-state index contributed by atoms with van der Waals surface area (Å²) in [5.41, 5.74) is 0.346. The quantitative estimate of drug-likeness (QED) is 0.811. The second-order valence-corrected chi connectivity index (χ2v) is 7.98. The van der Waals surface area contributed by atoms with E-state index in [-0.39, 0.29) is 10.7 Å². The van der Waals surface area contributed by atoms with Crippen molar-refractivity contribution in [2.75, 3.05) is 18.9 Å². The van der Waals surface area contributed by atoms with E-state index >= 15 is 0 Å². The van der Waals surface area contributed by atoms with Crippen molar-refractivity contribution in [2.24, 2.45) is 4.40 Å². The molecule has 2 aromatic rings. The van der Waals surface area contributed by atoms with Crippen molar-refractivity contribution in [2.45, 2.75) is 17.7 Å². The van der Waals surface area contributed by atoms with Crippen LogP contribution in [0.1, 0.15) is 23.4 Å². The van der Waals surface area contributed by atoms with Gasteiger partial charge in [0.05, 0.1) is 4.90 Å². The summed E-state index contributed by atoms with van der Waals surface area (Å²) < 4.78 is 34.5. The Morgan fingerprint density at radius 2 is 2.12 bits per heavy atom. The van der Waals surface area contributed by atoms with Gasteiger partial charge in [-0.15, -0.1) is 4.40 Å². The molecule has 7 nitrogen and oxygen atoms in total. The fourth-order valence-corrected chi connectivity index (χ4v) is 3.91. The van der Waals surface area contributed by atoms with Gasteiger partial charge >= 0.3 is 0 Å². The second kappa shape index (κ2) is 7.01. The molecule has 2 heterocycles. The summed E-state index contributed by atoms with van der Waals surface area (Å²) in [6, 6.07) is 9.10. The zero-order valence-electron chi connectivity index (χ0n) is 13.4. The van der Waals surface area contributed by atoms with Gasteiger partial charge < -0.3 is 14.6 Å². The van der Waals surface area contributed by atoms with Gasteiger partial charge in [-0.25, -0.2) is 0 Å². The molecule has 1 fully saturated rings. The zero-order chi connectivity index (χ0) is 18.0. The fraction of sp³-hybridized carbons (Fsp3) is 0.250. The Bertz CT molecular complexity index is 936. The molecule has 0 radical (unpaired) electrons. The average molecular weight is 426 g/mol. The number of nitrogens with zero attached hydrogens (tertiary/aromatic N) is 2. The van der Waals surface area contributed by atoms with Crippen molar-refractivity contribution >= 4 is 43.4 Å². The number of rotatable bonds is 4. The highest BCUT2D eigenvalue weighted by Crippen LogP contribution is 2.21. The minimum Gasteiger partial charge on any atom is -0.444 e. The first-order chi connectivity index (χ1) is 11.8. The molecular weight excluding hydrogens is 410 g/mol. The fourth-order valence-electron chi connectivity index (χ4n) is 2.46. The molecule has 9 heteroatoms. The summed E-state index contributed by atoms with van der Waals surface area (Å²) >= 11 is 3.13. The third-order valence-electron chi connectivity index (χ3n) is 3.75. The number of hydrogen-bond acceptors (Lipinski definition) is 4. The predicted molar refractivity (Wildman–Crippen MR) is 97.3 cm³/mol. The number of carbonyl (C=O) groups excluding carboxylic acids is 1. The summed E-state index contributed by atoms with van der Waals surface area (Å²) in [5.74, 6) is 0.199. The molecule has 1 aliphatic heterocycles. The molecule has 1 aromatic heterocycles. The van der Waals surface area contributed by atoms with Gasteiger partial charge in [-0.3, -0.25) is 4.79 Å². The highest BCUT2D eigenvalue weighted by atomic mass is 79.9. The number of benzene rings is 1. The normalized spacial score (nSPS) is 16.4. The molecule has 0 atom stereocenters. The van der Waals surface area contributed by atoms with Crippen molar-refractivity contribution < 1.29 is 17.6 Å². The van der Waals surface area contributed by atoms with Gasteiger partial charge in [0.25, 0.3) is 15.9 Å². The highest BCUT2D eigenvalue weighted by Gasteiger charge is 2.21. The maximum Gasteiger partial charge on any atom is 0.291 e. The molecule has 0 unspecified atom stereocenters. The van der Waals surface area contributed by atoms with Crippen LogP contribution in [-0.4, -0.2) is 38.7 Å². The van der Waals surface area contributed by atoms with E-state index in [1.54, 1.807) is 18.2 Å². The summed E-state index contributed by atoms with van der Waals surface area (Å²) in [6.07, 6.45) is 1.53. The van der Waals surface area contributed by atoms with Crippen LogP contribution in [-0.2, 0) is 10.0 Å². The molecule has 1 amide bonds. The molecule has 132 valence electrons. The lowest BCUT2D eigenvalue weighted by atomic mass is 10.3. The first-order valence-electron chi connectivity index (χ1n) is 7.57. The van der Waals surface area contributed by atoms with Gasteiger partial charge in [-0.2, -0.15) is 8.42 Å². The first-order valence-corrected chi connectivity index (χ1v) is 9.80. The van der Waals surface area contributed by atoms with E-state index < -0.39 is 15.9 Å². The third kappa shape index (κ3) is 4.10. The Morgan fingerprint density at radius 3 is 2.76 bits per heavy atom. The van der Waals surface area contributed by atoms with Gasteiger partial charge in [-0.05, 0) is 52.7 Å². The summed E-state index contributed by atoms with van der Waals surface area (Å²) in [4.78, 5) is 14.0. The van der Waals surface area contributed by atoms with Gasteiger partial charge in [0, 0.05) is 25.7 Å². The number of nitrogens with one attached hydrogen (secondary N) is 1. The minimum absolute atomic E-state index is 0.0266. The zero-order valence-corrected chi connectivity index (χ0v) is 15.8. The standard InChI is InChI=1S/C16H16BrN3O4S/c1-20-9-3-6-15(20)19-25(22,23)12-5-2-4-11(10-12)18-16(21)13-7-8-14(17)24-13/h2,4-5,7-8,10H,3,6,9H2,1H3,(H,18,21)/b19-15-. The van der Waals surface area contributed by atoms with Crippen LogP contribution in [0.25, 0.3) is 0 Å². The van der Waals surface area contributed by atoms with Crippen LogP contribution < -0.4 is 5.32 Å². The third-order valence-corrected chi connectivity index (χ3v) is 5.47. The Balaban J connectivity index is 1.82. The van der Waals surface area contributed by atoms with Crippen LogP contribution in [0.5, 0.6) is 0 Å². The Morgan fingerprint density at radius 1 is 1.32 bits per heavy atom. The largest absolute Gasteiger partial charge is 0.444 e. The van der Waals surface area contributed by atoms with E-state index in [0.717, 1.165) is 13.0 Å². The molecular formula is C16H16BrN3O4S. The van der Waals surface area contributed by atoms with E-state index in [2.05, 4.69) is 25.6 Å². The molecule has 1 N–H and O–H groups in total. The van der Waals surface area contributed by atoms with E-state index in [1.807, 2.05) is 11.9 Å². The van der Waals surface area contributed by atoms with Crippen LogP contribution >= 0.6 is 15.9 Å². The number of carbonyl (C=O) groups is 1. The van der Waals surface area contributed by atoms with Gasteiger partial charge in [0.2, 0.25) is 0 Å². The van der Waals surface area contributed by atoms with Crippen molar-refractivity contribution in [1.82, 2.24) is 4.90 Å². The topological polar surface area (TPSA) is 92.0 Å². The van der Waals surface area contributed by atoms with Crippen LogP contribution in [0.2, 0.25) is 0 Å². The minimum atomic E-state index is -3.83. The molecule has 1 saturated heterocycles. The van der Waals surface area contributed by atoms with E-state index in [9.17, 15) is 13.2 Å². The lowest BCUT2D eigenvalue weighted by molar-refractivity contribution is 0.0995. The highest BCUT2D eigenvalue weighted by molar-refractivity contribution is 9.10. The SMILES string of the molecule is CN1CCC/C1=N/S(=O)(=O)c1cccc(NC(=O)c2ccc(Br)o2)c1. The number of furan rings is 1. The maximum absolute atomic E-state index is 12.5. The van der Waals surface area contributed by atoms with Gasteiger partial charge in [-0.1, -0.05) is 6.07 Å². The molecule has 25 heavy (non-hydrogen) atoms. The van der Waals surface area contributed by atoms with E-state index in [1.165, 1.54) is 18.2 Å². The smallest absolute Gasteiger partial charge is 0.291 e. The van der Waals surface area contributed by atoms with Crippen LogP contribution in [0.4, 0.5) is 5.69 Å². The number of halogens is 1. The van der Waals surface area contributed by atoms with Crippen LogP contribution in [0.15, 0.2) is 54.8 Å². The number of anilines is 1. The van der Waals surface area contributed by atoms with Crippen molar-refractivity contribution in [1.29, 1.82) is 0 Å². The van der Waals surface area contributed by atoms with Crippen LogP contribution in [0, 0.1) is 0 Å². The average Bonchev–Trinajstić information content (AvgIpc) is 3.16. The first kappa shape index (κ1) is 17.7. The van der Waals surface area contributed by atoms with Gasteiger partial charge in [0.15, 0.2) is 10.4 Å². The Kier molecular flexibility index (Phi) is 4.96. The predicted octanol–water partition coefficient (Wildman–Crippen LogP) is 3.11. The molecule has 1 aliphatic rings. The van der Waals surface area contributed by atoms with E-state index in [0.29, 0.717) is 22.6 Å². The summed E-state index contributed by atoms with van der Waals surface area (Å²) in [6.45, 7) is 0.795. The Hall–Kier alpha value is -2.13. The van der Waals surface area contributed by atoms with Crippen molar-refractivity contribution in [3.8, 4) is 0 Å². The van der Waals surface area contributed by atoms with Crippen molar-refractivity contribution in [3.63, 3.8) is 0 Å². The molecule has 1 aromatic carbocycles.